The fourth-order valence-corrected chi connectivity index (χ4v) is 1.95. The minimum Gasteiger partial charge on any atom is -0.376 e. The maximum Gasteiger partial charge on any atom is 0.241 e. The second-order valence-electron chi connectivity index (χ2n) is 4.59. The quantitative estimate of drug-likeness (QED) is 0.809. The van der Waals surface area contributed by atoms with Crippen LogP contribution in [0.4, 0.5) is 5.69 Å². The highest BCUT2D eigenvalue weighted by molar-refractivity contribution is 5.94. The Hall–Kier alpha value is -1.40. The summed E-state index contributed by atoms with van der Waals surface area (Å²) in [6.07, 6.45) is 6.49. The highest BCUT2D eigenvalue weighted by Gasteiger charge is 2.17. The molecule has 2 rings (SSSR count). The van der Waals surface area contributed by atoms with E-state index < -0.39 is 6.04 Å². The average molecular weight is 252 g/mol. The molecule has 1 unspecified atom stereocenters. The summed E-state index contributed by atoms with van der Waals surface area (Å²) >= 11 is 0. The summed E-state index contributed by atoms with van der Waals surface area (Å²) in [6.45, 7) is 3.45. The van der Waals surface area contributed by atoms with E-state index in [0.717, 1.165) is 26.0 Å². The van der Waals surface area contributed by atoms with E-state index in [4.69, 9.17) is 10.5 Å². The number of hydrogen-bond acceptors (Lipinski definition) is 4. The third-order valence-electron chi connectivity index (χ3n) is 3.09. The lowest BCUT2D eigenvalue weighted by molar-refractivity contribution is -0.117. The van der Waals surface area contributed by atoms with Gasteiger partial charge in [0.15, 0.2) is 0 Å². The third-order valence-corrected chi connectivity index (χ3v) is 3.09. The Labute approximate surface area is 106 Å². The SMILES string of the molecule is CC[C@@H](N)C(=O)Nc1cnn(CC2CCCO2)c1. The molecule has 18 heavy (non-hydrogen) atoms. The normalized spacial score (nSPS) is 20.9. The van der Waals surface area contributed by atoms with E-state index >= 15 is 0 Å². The van der Waals surface area contributed by atoms with Crippen LogP contribution in [0, 0.1) is 0 Å². The van der Waals surface area contributed by atoms with Crippen LogP contribution in [-0.4, -0.2) is 34.4 Å². The van der Waals surface area contributed by atoms with E-state index in [1.807, 2.05) is 13.1 Å². The number of nitrogens with zero attached hydrogens (tertiary/aromatic N) is 2. The molecule has 1 fully saturated rings. The summed E-state index contributed by atoms with van der Waals surface area (Å²) < 4.78 is 7.33. The lowest BCUT2D eigenvalue weighted by atomic mass is 10.2. The molecule has 0 saturated carbocycles. The van der Waals surface area contributed by atoms with Gasteiger partial charge in [-0.25, -0.2) is 0 Å². The van der Waals surface area contributed by atoms with Crippen LogP contribution in [0.5, 0.6) is 0 Å². The Kier molecular flexibility index (Phi) is 4.33. The molecule has 6 nitrogen and oxygen atoms in total. The highest BCUT2D eigenvalue weighted by Crippen LogP contribution is 2.15. The van der Waals surface area contributed by atoms with Crippen LogP contribution in [0.1, 0.15) is 26.2 Å². The van der Waals surface area contributed by atoms with Crippen LogP contribution in [0.15, 0.2) is 12.4 Å². The number of aromatic nitrogens is 2. The van der Waals surface area contributed by atoms with Gasteiger partial charge in [0.25, 0.3) is 0 Å². The van der Waals surface area contributed by atoms with Gasteiger partial charge in [-0.15, -0.1) is 0 Å². The largest absolute Gasteiger partial charge is 0.376 e. The topological polar surface area (TPSA) is 82.2 Å². The summed E-state index contributed by atoms with van der Waals surface area (Å²) in [7, 11) is 0. The standard InChI is InChI=1S/C12H20N4O2/c1-2-11(13)12(17)15-9-6-14-16(7-9)8-10-4-3-5-18-10/h6-7,10-11H,2-5,8,13H2,1H3,(H,15,17)/t10?,11-/m1/s1. The number of carbonyl (C=O) groups is 1. The van der Waals surface area contributed by atoms with E-state index in [1.165, 1.54) is 0 Å². The molecule has 1 aliphatic rings. The van der Waals surface area contributed by atoms with Crippen LogP contribution in [0.2, 0.25) is 0 Å². The zero-order valence-electron chi connectivity index (χ0n) is 10.6. The van der Waals surface area contributed by atoms with Gasteiger partial charge in [0.1, 0.15) is 0 Å². The first-order valence-corrected chi connectivity index (χ1v) is 6.39. The van der Waals surface area contributed by atoms with Crippen LogP contribution in [0.3, 0.4) is 0 Å². The van der Waals surface area contributed by atoms with Crippen molar-refractivity contribution >= 4 is 11.6 Å². The third kappa shape index (κ3) is 3.30. The number of hydrogen-bond donors (Lipinski definition) is 2. The second kappa shape index (κ2) is 5.97. The van der Waals surface area contributed by atoms with E-state index in [1.54, 1.807) is 10.9 Å². The lowest BCUT2D eigenvalue weighted by Crippen LogP contribution is -2.34. The van der Waals surface area contributed by atoms with Crippen molar-refractivity contribution in [2.45, 2.75) is 44.9 Å². The van der Waals surface area contributed by atoms with Crippen molar-refractivity contribution in [3.63, 3.8) is 0 Å². The molecule has 6 heteroatoms. The fraction of sp³-hybridized carbons (Fsp3) is 0.667. The first-order chi connectivity index (χ1) is 8.69. The van der Waals surface area contributed by atoms with Crippen molar-refractivity contribution in [1.82, 2.24) is 9.78 Å². The first-order valence-electron chi connectivity index (χ1n) is 6.39. The van der Waals surface area contributed by atoms with Gasteiger partial charge in [-0.05, 0) is 19.3 Å². The highest BCUT2D eigenvalue weighted by atomic mass is 16.5. The van der Waals surface area contributed by atoms with Crippen LogP contribution < -0.4 is 11.1 Å². The van der Waals surface area contributed by atoms with Gasteiger partial charge < -0.3 is 15.8 Å². The van der Waals surface area contributed by atoms with Gasteiger partial charge >= 0.3 is 0 Å². The van der Waals surface area contributed by atoms with Gasteiger partial charge in [-0.2, -0.15) is 5.10 Å². The molecular formula is C12H20N4O2. The number of amides is 1. The number of nitrogens with one attached hydrogen (secondary N) is 1. The van der Waals surface area contributed by atoms with Gasteiger partial charge in [0.2, 0.25) is 5.91 Å². The fourth-order valence-electron chi connectivity index (χ4n) is 1.95. The lowest BCUT2D eigenvalue weighted by Gasteiger charge is -2.09. The summed E-state index contributed by atoms with van der Waals surface area (Å²) in [5.74, 6) is -0.172. The van der Waals surface area contributed by atoms with Crippen molar-refractivity contribution in [1.29, 1.82) is 0 Å². The summed E-state index contributed by atoms with van der Waals surface area (Å²) in [6, 6.07) is -0.466. The number of carbonyl (C=O) groups excluding carboxylic acids is 1. The molecule has 1 aromatic rings. The van der Waals surface area contributed by atoms with Gasteiger partial charge in [0, 0.05) is 12.8 Å². The molecule has 2 atom stereocenters. The molecule has 0 aromatic carbocycles. The Balaban J connectivity index is 1.87. The Bertz CT molecular complexity index is 399. The van der Waals surface area contributed by atoms with Gasteiger partial charge in [0.05, 0.1) is 30.6 Å². The van der Waals surface area contributed by atoms with Crippen LogP contribution in [0.25, 0.3) is 0 Å². The predicted octanol–water partition coefficient (Wildman–Crippen LogP) is 0.738. The van der Waals surface area contributed by atoms with E-state index in [0.29, 0.717) is 12.1 Å². The molecule has 0 spiro atoms. The maximum atomic E-state index is 11.6. The monoisotopic (exact) mass is 252 g/mol. The molecule has 2 heterocycles. The summed E-state index contributed by atoms with van der Waals surface area (Å²) in [4.78, 5) is 11.6. The van der Waals surface area contributed by atoms with Crippen molar-refractivity contribution < 1.29 is 9.53 Å². The number of anilines is 1. The molecule has 1 aliphatic heterocycles. The molecule has 1 amide bonds. The van der Waals surface area contributed by atoms with Crippen molar-refractivity contribution in [2.75, 3.05) is 11.9 Å². The van der Waals surface area contributed by atoms with Gasteiger partial charge in [-0.1, -0.05) is 6.92 Å². The van der Waals surface area contributed by atoms with E-state index in [9.17, 15) is 4.79 Å². The molecule has 1 aromatic heterocycles. The number of nitrogens with two attached hydrogens (primary N) is 1. The molecule has 0 radical (unpaired) electrons. The molecule has 0 bridgehead atoms. The van der Waals surface area contributed by atoms with E-state index in [2.05, 4.69) is 10.4 Å². The molecule has 0 aliphatic carbocycles. The molecule has 1 saturated heterocycles. The van der Waals surface area contributed by atoms with Crippen LogP contribution >= 0.6 is 0 Å². The van der Waals surface area contributed by atoms with Crippen molar-refractivity contribution in [3.05, 3.63) is 12.4 Å². The van der Waals surface area contributed by atoms with Crippen LogP contribution in [-0.2, 0) is 16.1 Å². The summed E-state index contributed by atoms with van der Waals surface area (Å²) in [5.41, 5.74) is 6.33. The number of rotatable bonds is 5. The zero-order chi connectivity index (χ0) is 13.0. The Morgan fingerprint density at radius 2 is 2.61 bits per heavy atom. The van der Waals surface area contributed by atoms with Gasteiger partial charge in [-0.3, -0.25) is 9.48 Å². The predicted molar refractivity (Wildman–Crippen MR) is 68.1 cm³/mol. The summed E-state index contributed by atoms with van der Waals surface area (Å²) in [5, 5.41) is 6.95. The second-order valence-corrected chi connectivity index (χ2v) is 4.59. The minimum atomic E-state index is -0.466. The smallest absolute Gasteiger partial charge is 0.241 e. The average Bonchev–Trinajstić information content (AvgIpc) is 3.01. The molecule has 100 valence electrons. The Morgan fingerprint density at radius 1 is 1.78 bits per heavy atom. The van der Waals surface area contributed by atoms with Crippen molar-refractivity contribution in [2.24, 2.45) is 5.73 Å². The first kappa shape index (κ1) is 13.0. The maximum absolute atomic E-state index is 11.6. The Morgan fingerprint density at radius 3 is 3.28 bits per heavy atom. The number of ether oxygens (including phenoxy) is 1. The zero-order valence-corrected chi connectivity index (χ0v) is 10.6. The molecule has 3 N–H and O–H groups in total. The minimum absolute atomic E-state index is 0.172. The van der Waals surface area contributed by atoms with E-state index in [-0.39, 0.29) is 12.0 Å². The molecular weight excluding hydrogens is 232 g/mol. The van der Waals surface area contributed by atoms with Crippen molar-refractivity contribution in [3.8, 4) is 0 Å².